The predicted octanol–water partition coefficient (Wildman–Crippen LogP) is 1.60. The molecular weight excluding hydrogens is 188 g/mol. The van der Waals surface area contributed by atoms with E-state index in [0.29, 0.717) is 17.1 Å². The smallest absolute Gasteiger partial charge is 0.149 e. The van der Waals surface area contributed by atoms with E-state index in [4.69, 9.17) is 11.0 Å². The van der Waals surface area contributed by atoms with Crippen molar-refractivity contribution in [2.45, 2.75) is 0 Å². The van der Waals surface area contributed by atoms with Crippen molar-refractivity contribution in [3.63, 3.8) is 0 Å². The fourth-order valence-corrected chi connectivity index (χ4v) is 1.27. The molecule has 0 radical (unpaired) electrons. The lowest BCUT2D eigenvalue weighted by Gasteiger charge is -2.02. The van der Waals surface area contributed by atoms with Crippen molar-refractivity contribution in [3.8, 4) is 17.3 Å². The molecule has 2 aromatic rings. The average Bonchev–Trinajstić information content (AvgIpc) is 2.30. The topological polar surface area (TPSA) is 75.6 Å². The van der Waals surface area contributed by atoms with Gasteiger partial charge >= 0.3 is 0 Å². The summed E-state index contributed by atoms with van der Waals surface area (Å²) in [5.74, 6) is 0.391. The highest BCUT2D eigenvalue weighted by Crippen LogP contribution is 2.20. The van der Waals surface area contributed by atoms with Crippen LogP contribution in [0.2, 0.25) is 0 Å². The lowest BCUT2D eigenvalue weighted by Crippen LogP contribution is -1.95. The second-order valence-electron chi connectivity index (χ2n) is 2.98. The van der Waals surface area contributed by atoms with Crippen LogP contribution in [0, 0.1) is 11.3 Å². The van der Waals surface area contributed by atoms with E-state index in [-0.39, 0.29) is 0 Å². The number of nitrogens with zero attached hydrogens (tertiary/aromatic N) is 3. The van der Waals surface area contributed by atoms with Crippen LogP contribution in [0.5, 0.6) is 0 Å². The van der Waals surface area contributed by atoms with E-state index in [0.717, 1.165) is 5.56 Å². The number of nitrogens with two attached hydrogens (primary N) is 1. The Kier molecular flexibility index (Phi) is 2.30. The van der Waals surface area contributed by atoms with Crippen LogP contribution in [0.25, 0.3) is 11.3 Å². The summed E-state index contributed by atoms with van der Waals surface area (Å²) in [7, 11) is 0. The van der Waals surface area contributed by atoms with Crippen molar-refractivity contribution in [2.24, 2.45) is 0 Å². The van der Waals surface area contributed by atoms with Crippen LogP contribution < -0.4 is 5.73 Å². The van der Waals surface area contributed by atoms with Crippen molar-refractivity contribution in [1.82, 2.24) is 9.97 Å². The van der Waals surface area contributed by atoms with Gasteiger partial charge in [-0.2, -0.15) is 5.26 Å². The van der Waals surface area contributed by atoms with Crippen LogP contribution in [-0.4, -0.2) is 9.97 Å². The number of hydrogen-bond donors (Lipinski definition) is 1. The van der Waals surface area contributed by atoms with Crippen molar-refractivity contribution in [1.29, 1.82) is 5.26 Å². The maximum absolute atomic E-state index is 8.65. The number of anilines is 1. The molecule has 0 amide bonds. The molecule has 0 aliphatic rings. The van der Waals surface area contributed by atoms with Gasteiger partial charge < -0.3 is 5.73 Å². The molecule has 0 fully saturated rings. The first-order chi connectivity index (χ1) is 7.31. The zero-order valence-electron chi connectivity index (χ0n) is 7.88. The second kappa shape index (κ2) is 3.76. The van der Waals surface area contributed by atoms with E-state index in [2.05, 4.69) is 16.0 Å². The monoisotopic (exact) mass is 196 g/mol. The van der Waals surface area contributed by atoms with Crippen LogP contribution >= 0.6 is 0 Å². The number of rotatable bonds is 1. The van der Waals surface area contributed by atoms with E-state index in [1.54, 1.807) is 36.7 Å². The van der Waals surface area contributed by atoms with Gasteiger partial charge in [0.1, 0.15) is 11.5 Å². The summed E-state index contributed by atoms with van der Waals surface area (Å²) < 4.78 is 0. The third kappa shape index (κ3) is 1.76. The Labute approximate surface area is 87.0 Å². The molecule has 1 aromatic heterocycles. The zero-order valence-corrected chi connectivity index (χ0v) is 7.88. The first-order valence-electron chi connectivity index (χ1n) is 4.38. The number of aromatic nitrogens is 2. The van der Waals surface area contributed by atoms with Gasteiger partial charge in [0.15, 0.2) is 0 Å². The summed E-state index contributed by atoms with van der Waals surface area (Å²) >= 11 is 0. The van der Waals surface area contributed by atoms with Crippen LogP contribution in [0.4, 0.5) is 5.82 Å². The minimum absolute atomic E-state index is 0.391. The number of benzene rings is 1. The highest BCUT2D eigenvalue weighted by molar-refractivity contribution is 5.69. The van der Waals surface area contributed by atoms with Gasteiger partial charge in [0.25, 0.3) is 0 Å². The molecule has 1 heterocycles. The maximum Gasteiger partial charge on any atom is 0.149 e. The third-order valence-electron chi connectivity index (χ3n) is 2.01. The van der Waals surface area contributed by atoms with Crippen molar-refractivity contribution < 1.29 is 0 Å². The molecule has 0 saturated carbocycles. The average molecular weight is 196 g/mol. The van der Waals surface area contributed by atoms with Crippen molar-refractivity contribution >= 4 is 5.82 Å². The summed E-state index contributed by atoms with van der Waals surface area (Å²) in [6.07, 6.45) is 3.13. The highest BCUT2D eigenvalue weighted by atomic mass is 14.9. The summed E-state index contributed by atoms with van der Waals surface area (Å²) in [4.78, 5) is 8.08. The Morgan fingerprint density at radius 2 is 1.73 bits per heavy atom. The fraction of sp³-hybridized carbons (Fsp3) is 0. The molecule has 2 rings (SSSR count). The molecule has 0 aliphatic heterocycles. The standard InChI is InChI=1S/C11H8N4/c12-7-8-1-3-9(4-2-8)10-11(13)15-6-5-14-10/h1-6H,(H2,13,15). The Morgan fingerprint density at radius 3 is 2.33 bits per heavy atom. The summed E-state index contributed by atoms with van der Waals surface area (Å²) in [5.41, 5.74) is 7.80. The molecule has 0 saturated heterocycles. The molecule has 0 unspecified atom stereocenters. The number of nitriles is 1. The van der Waals surface area contributed by atoms with Crippen LogP contribution in [0.3, 0.4) is 0 Å². The lowest BCUT2D eigenvalue weighted by atomic mass is 10.1. The van der Waals surface area contributed by atoms with Gasteiger partial charge in [-0.15, -0.1) is 0 Å². The van der Waals surface area contributed by atoms with E-state index < -0.39 is 0 Å². The summed E-state index contributed by atoms with van der Waals surface area (Å²) in [5, 5.41) is 8.65. The molecule has 15 heavy (non-hydrogen) atoms. The van der Waals surface area contributed by atoms with Crippen LogP contribution in [-0.2, 0) is 0 Å². The number of hydrogen-bond acceptors (Lipinski definition) is 4. The normalized spacial score (nSPS) is 9.53. The first-order valence-corrected chi connectivity index (χ1v) is 4.38. The lowest BCUT2D eigenvalue weighted by molar-refractivity contribution is 1.21. The van der Waals surface area contributed by atoms with Gasteiger partial charge in [0, 0.05) is 18.0 Å². The highest BCUT2D eigenvalue weighted by Gasteiger charge is 2.03. The Morgan fingerprint density at radius 1 is 1.07 bits per heavy atom. The van der Waals surface area contributed by atoms with E-state index in [1.807, 2.05) is 0 Å². The third-order valence-corrected chi connectivity index (χ3v) is 2.01. The molecule has 0 bridgehead atoms. The van der Waals surface area contributed by atoms with E-state index >= 15 is 0 Å². The molecule has 4 heteroatoms. The quantitative estimate of drug-likeness (QED) is 0.751. The van der Waals surface area contributed by atoms with Gasteiger partial charge in [-0.1, -0.05) is 12.1 Å². The van der Waals surface area contributed by atoms with Crippen LogP contribution in [0.15, 0.2) is 36.7 Å². The Bertz CT molecular complexity index is 511. The van der Waals surface area contributed by atoms with Gasteiger partial charge in [0.05, 0.1) is 11.6 Å². The molecule has 0 aliphatic carbocycles. The summed E-state index contributed by atoms with van der Waals surface area (Å²) in [6, 6.07) is 9.11. The second-order valence-corrected chi connectivity index (χ2v) is 2.98. The fourth-order valence-electron chi connectivity index (χ4n) is 1.27. The zero-order chi connectivity index (χ0) is 10.7. The minimum atomic E-state index is 0.391. The molecular formula is C11H8N4. The van der Waals surface area contributed by atoms with Gasteiger partial charge in [-0.25, -0.2) is 4.98 Å². The Balaban J connectivity index is 2.47. The van der Waals surface area contributed by atoms with E-state index in [9.17, 15) is 0 Å². The van der Waals surface area contributed by atoms with Gasteiger partial charge in [-0.05, 0) is 12.1 Å². The molecule has 1 aromatic carbocycles. The molecule has 0 spiro atoms. The SMILES string of the molecule is N#Cc1ccc(-c2nccnc2N)cc1. The Hall–Kier alpha value is -2.41. The van der Waals surface area contributed by atoms with Gasteiger partial charge in [0.2, 0.25) is 0 Å². The molecule has 72 valence electrons. The number of nitrogen functional groups attached to an aromatic ring is 1. The van der Waals surface area contributed by atoms with Gasteiger partial charge in [-0.3, -0.25) is 4.98 Å². The van der Waals surface area contributed by atoms with E-state index in [1.165, 1.54) is 0 Å². The molecule has 0 atom stereocenters. The minimum Gasteiger partial charge on any atom is -0.382 e. The van der Waals surface area contributed by atoms with Crippen molar-refractivity contribution in [2.75, 3.05) is 5.73 Å². The first kappa shape index (κ1) is 9.16. The predicted molar refractivity (Wildman–Crippen MR) is 56.6 cm³/mol. The molecule has 4 nitrogen and oxygen atoms in total. The summed E-state index contributed by atoms with van der Waals surface area (Å²) in [6.45, 7) is 0. The van der Waals surface area contributed by atoms with Crippen LogP contribution in [0.1, 0.15) is 5.56 Å². The molecule has 2 N–H and O–H groups in total. The largest absolute Gasteiger partial charge is 0.382 e. The maximum atomic E-state index is 8.65. The van der Waals surface area contributed by atoms with Crippen molar-refractivity contribution in [3.05, 3.63) is 42.2 Å².